The van der Waals surface area contributed by atoms with Crippen LogP contribution in [0.15, 0.2) is 12.5 Å². The quantitative estimate of drug-likeness (QED) is 0.803. The molecule has 1 heterocycles. The minimum Gasteiger partial charge on any atom is -0.331 e. The highest BCUT2D eigenvalue weighted by Crippen LogP contribution is 2.15. The molecule has 3 nitrogen and oxygen atoms in total. The summed E-state index contributed by atoms with van der Waals surface area (Å²) in [5.74, 6) is 0. The third-order valence-electron chi connectivity index (χ3n) is 3.56. The number of nitrogens with one attached hydrogen (secondary N) is 1. The second kappa shape index (κ2) is 5.48. The van der Waals surface area contributed by atoms with Gasteiger partial charge in [-0.2, -0.15) is 0 Å². The molecule has 0 aliphatic rings. The molecule has 0 unspecified atom stereocenters. The van der Waals surface area contributed by atoms with Gasteiger partial charge in [0.25, 0.3) is 0 Å². The van der Waals surface area contributed by atoms with Gasteiger partial charge in [-0.05, 0) is 33.6 Å². The summed E-state index contributed by atoms with van der Waals surface area (Å²) in [4.78, 5) is 4.22. The molecule has 0 bridgehead atoms. The third-order valence-corrected chi connectivity index (χ3v) is 3.56. The Morgan fingerprint density at radius 2 is 2.00 bits per heavy atom. The van der Waals surface area contributed by atoms with Crippen molar-refractivity contribution in [3.05, 3.63) is 18.2 Å². The average Bonchev–Trinajstić information content (AvgIpc) is 2.74. The largest absolute Gasteiger partial charge is 0.331 e. The Morgan fingerprint density at radius 3 is 2.50 bits per heavy atom. The molecule has 0 radical (unpaired) electrons. The summed E-state index contributed by atoms with van der Waals surface area (Å²) in [6.07, 6.45) is 6.17. The van der Waals surface area contributed by atoms with Crippen LogP contribution >= 0.6 is 0 Å². The fourth-order valence-corrected chi connectivity index (χ4v) is 1.74. The van der Waals surface area contributed by atoms with Gasteiger partial charge in [-0.25, -0.2) is 4.98 Å². The standard InChI is InChI=1S/C13H25N3/c1-6-13(5,7-2)15-9-12-8-14-10-16(12)11(3)4/h8,10-11,15H,6-7,9H2,1-5H3. The first-order valence-electron chi connectivity index (χ1n) is 6.28. The Hall–Kier alpha value is -0.830. The maximum absolute atomic E-state index is 4.22. The summed E-state index contributed by atoms with van der Waals surface area (Å²) in [5, 5.41) is 3.63. The molecule has 16 heavy (non-hydrogen) atoms. The van der Waals surface area contributed by atoms with E-state index in [1.807, 2.05) is 12.5 Å². The molecule has 0 aliphatic heterocycles. The van der Waals surface area contributed by atoms with E-state index < -0.39 is 0 Å². The third kappa shape index (κ3) is 3.08. The van der Waals surface area contributed by atoms with Crippen molar-refractivity contribution >= 4 is 0 Å². The fraction of sp³-hybridized carbons (Fsp3) is 0.769. The van der Waals surface area contributed by atoms with Gasteiger partial charge >= 0.3 is 0 Å². The average molecular weight is 223 g/mol. The van der Waals surface area contributed by atoms with Crippen molar-refractivity contribution in [2.75, 3.05) is 0 Å². The van der Waals surface area contributed by atoms with E-state index in [4.69, 9.17) is 0 Å². The van der Waals surface area contributed by atoms with Gasteiger partial charge in [0.2, 0.25) is 0 Å². The number of hydrogen-bond acceptors (Lipinski definition) is 2. The Balaban J connectivity index is 2.64. The van der Waals surface area contributed by atoms with Crippen LogP contribution in [0.5, 0.6) is 0 Å². The van der Waals surface area contributed by atoms with Gasteiger partial charge in [-0.15, -0.1) is 0 Å². The van der Waals surface area contributed by atoms with E-state index in [9.17, 15) is 0 Å². The highest BCUT2D eigenvalue weighted by molar-refractivity contribution is 5.00. The van der Waals surface area contributed by atoms with E-state index in [-0.39, 0.29) is 5.54 Å². The van der Waals surface area contributed by atoms with Crippen molar-refractivity contribution in [2.45, 2.75) is 65.6 Å². The van der Waals surface area contributed by atoms with Crippen LogP contribution in [0.1, 0.15) is 59.2 Å². The SMILES string of the molecule is CCC(C)(CC)NCc1cncn1C(C)C. The van der Waals surface area contributed by atoms with Crippen molar-refractivity contribution < 1.29 is 0 Å². The van der Waals surface area contributed by atoms with E-state index in [0.717, 1.165) is 19.4 Å². The lowest BCUT2D eigenvalue weighted by Gasteiger charge is -2.28. The molecule has 0 fully saturated rings. The van der Waals surface area contributed by atoms with E-state index in [0.29, 0.717) is 6.04 Å². The minimum absolute atomic E-state index is 0.242. The van der Waals surface area contributed by atoms with Gasteiger partial charge in [-0.1, -0.05) is 13.8 Å². The Kier molecular flexibility index (Phi) is 4.54. The highest BCUT2D eigenvalue weighted by atomic mass is 15.1. The molecule has 1 aromatic rings. The van der Waals surface area contributed by atoms with E-state index in [2.05, 4.69) is 49.5 Å². The molecule has 0 saturated carbocycles. The van der Waals surface area contributed by atoms with Crippen LogP contribution in [0.2, 0.25) is 0 Å². The topological polar surface area (TPSA) is 29.9 Å². The number of imidazole rings is 1. The molecular formula is C13H25N3. The van der Waals surface area contributed by atoms with Crippen LogP contribution in [0.4, 0.5) is 0 Å². The van der Waals surface area contributed by atoms with Gasteiger partial charge in [0, 0.05) is 24.3 Å². The summed E-state index contributed by atoms with van der Waals surface area (Å²) in [6.45, 7) is 12.0. The predicted octanol–water partition coefficient (Wildman–Crippen LogP) is 3.13. The van der Waals surface area contributed by atoms with Crippen molar-refractivity contribution in [3.63, 3.8) is 0 Å². The summed E-state index contributed by atoms with van der Waals surface area (Å²) in [6, 6.07) is 0.480. The maximum atomic E-state index is 4.22. The Labute approximate surface area is 99.3 Å². The second-order valence-electron chi connectivity index (χ2n) is 5.01. The zero-order valence-electron chi connectivity index (χ0n) is 11.2. The molecule has 0 aromatic carbocycles. The van der Waals surface area contributed by atoms with Gasteiger partial charge < -0.3 is 9.88 Å². The van der Waals surface area contributed by atoms with Crippen LogP contribution in [-0.2, 0) is 6.54 Å². The van der Waals surface area contributed by atoms with Crippen molar-refractivity contribution in [2.24, 2.45) is 0 Å². The first-order valence-corrected chi connectivity index (χ1v) is 6.28. The first-order chi connectivity index (χ1) is 7.52. The van der Waals surface area contributed by atoms with Crippen LogP contribution in [-0.4, -0.2) is 15.1 Å². The minimum atomic E-state index is 0.242. The Bertz CT molecular complexity index is 311. The molecule has 0 amide bonds. The zero-order valence-corrected chi connectivity index (χ0v) is 11.2. The zero-order chi connectivity index (χ0) is 12.2. The van der Waals surface area contributed by atoms with Crippen molar-refractivity contribution in [3.8, 4) is 0 Å². The number of hydrogen-bond donors (Lipinski definition) is 1. The molecule has 0 atom stereocenters. The molecule has 3 heteroatoms. The normalized spacial score (nSPS) is 12.4. The summed E-state index contributed by atoms with van der Waals surface area (Å²) in [7, 11) is 0. The molecule has 1 N–H and O–H groups in total. The van der Waals surface area contributed by atoms with Gasteiger partial charge in [0.05, 0.1) is 12.0 Å². The van der Waals surface area contributed by atoms with Gasteiger partial charge in [0.15, 0.2) is 0 Å². The smallest absolute Gasteiger partial charge is 0.0951 e. The Morgan fingerprint density at radius 1 is 1.38 bits per heavy atom. The molecule has 0 spiro atoms. The second-order valence-corrected chi connectivity index (χ2v) is 5.01. The lowest BCUT2D eigenvalue weighted by atomic mass is 9.95. The molecule has 1 aromatic heterocycles. The van der Waals surface area contributed by atoms with Crippen molar-refractivity contribution in [1.29, 1.82) is 0 Å². The lowest BCUT2D eigenvalue weighted by Crippen LogP contribution is -2.40. The van der Waals surface area contributed by atoms with Gasteiger partial charge in [-0.3, -0.25) is 0 Å². The van der Waals surface area contributed by atoms with Crippen LogP contribution in [0, 0.1) is 0 Å². The lowest BCUT2D eigenvalue weighted by molar-refractivity contribution is 0.324. The molecule has 92 valence electrons. The first kappa shape index (κ1) is 13.2. The predicted molar refractivity (Wildman–Crippen MR) is 68.4 cm³/mol. The van der Waals surface area contributed by atoms with E-state index >= 15 is 0 Å². The molecule has 0 aliphatic carbocycles. The fourth-order valence-electron chi connectivity index (χ4n) is 1.74. The number of nitrogens with zero attached hydrogens (tertiary/aromatic N) is 2. The highest BCUT2D eigenvalue weighted by Gasteiger charge is 2.19. The monoisotopic (exact) mass is 223 g/mol. The number of rotatable bonds is 6. The number of aromatic nitrogens is 2. The summed E-state index contributed by atoms with van der Waals surface area (Å²) < 4.78 is 2.22. The summed E-state index contributed by atoms with van der Waals surface area (Å²) in [5.41, 5.74) is 1.51. The van der Waals surface area contributed by atoms with Crippen LogP contribution < -0.4 is 5.32 Å². The molecule has 0 saturated heterocycles. The summed E-state index contributed by atoms with van der Waals surface area (Å²) >= 11 is 0. The van der Waals surface area contributed by atoms with Crippen molar-refractivity contribution in [1.82, 2.24) is 14.9 Å². The molecule has 1 rings (SSSR count). The van der Waals surface area contributed by atoms with Gasteiger partial charge in [0.1, 0.15) is 0 Å². The van der Waals surface area contributed by atoms with E-state index in [1.165, 1.54) is 5.69 Å². The van der Waals surface area contributed by atoms with Crippen LogP contribution in [0.25, 0.3) is 0 Å². The maximum Gasteiger partial charge on any atom is 0.0951 e. The molecular weight excluding hydrogens is 198 g/mol. The van der Waals surface area contributed by atoms with E-state index in [1.54, 1.807) is 0 Å². The van der Waals surface area contributed by atoms with Crippen LogP contribution in [0.3, 0.4) is 0 Å².